The summed E-state index contributed by atoms with van der Waals surface area (Å²) in [6, 6.07) is 10.8. The van der Waals surface area contributed by atoms with Crippen LogP contribution < -0.4 is 20.1 Å². The van der Waals surface area contributed by atoms with Crippen molar-refractivity contribution < 1.29 is 27.9 Å². The van der Waals surface area contributed by atoms with Gasteiger partial charge in [-0.3, -0.25) is 19.9 Å². The van der Waals surface area contributed by atoms with Gasteiger partial charge in [0.15, 0.2) is 5.96 Å². The molecule has 2 aromatic carbocycles. The van der Waals surface area contributed by atoms with Crippen LogP contribution in [0.4, 0.5) is 0 Å². The van der Waals surface area contributed by atoms with Crippen molar-refractivity contribution in [3.05, 3.63) is 59.1 Å². The minimum atomic E-state index is -4.04. The van der Waals surface area contributed by atoms with Crippen molar-refractivity contribution in [3.8, 4) is 5.75 Å². The van der Waals surface area contributed by atoms with Crippen LogP contribution >= 0.6 is 11.6 Å². The Morgan fingerprint density at radius 2 is 1.86 bits per heavy atom. The second-order valence-corrected chi connectivity index (χ2v) is 9.98. The number of aliphatic imine (C=N–C) groups is 1. The number of nitrogens with zero attached hydrogens (tertiary/aromatic N) is 1. The van der Waals surface area contributed by atoms with Gasteiger partial charge < -0.3 is 15.2 Å². The van der Waals surface area contributed by atoms with Gasteiger partial charge in [-0.25, -0.2) is 8.42 Å². The van der Waals surface area contributed by atoms with Gasteiger partial charge in [-0.05, 0) is 61.2 Å². The van der Waals surface area contributed by atoms with E-state index in [2.05, 4.69) is 20.3 Å². The normalized spacial score (nSPS) is 14.4. The molecule has 188 valence electrons. The van der Waals surface area contributed by atoms with Crippen LogP contribution in [0.3, 0.4) is 0 Å². The Balaban J connectivity index is 1.47. The molecule has 0 aromatic heterocycles. The van der Waals surface area contributed by atoms with E-state index in [-0.39, 0.29) is 23.6 Å². The minimum absolute atomic E-state index is 0.0550. The Kier molecular flexibility index (Phi) is 9.47. The summed E-state index contributed by atoms with van der Waals surface area (Å²) < 4.78 is 32.9. The third-order valence-corrected chi connectivity index (χ3v) is 6.79. The van der Waals surface area contributed by atoms with Gasteiger partial charge in [0.25, 0.3) is 0 Å². The van der Waals surface area contributed by atoms with E-state index in [1.165, 1.54) is 24.3 Å². The van der Waals surface area contributed by atoms with E-state index in [4.69, 9.17) is 16.3 Å². The van der Waals surface area contributed by atoms with Crippen molar-refractivity contribution in [2.24, 2.45) is 4.99 Å². The Hall–Kier alpha value is -3.15. The molecule has 2 aromatic rings. The van der Waals surface area contributed by atoms with E-state index in [9.17, 15) is 23.1 Å². The molecule has 4 N–H and O–H groups in total. The van der Waals surface area contributed by atoms with Gasteiger partial charge in [-0.1, -0.05) is 23.7 Å². The molecule has 1 amide bonds. The number of benzene rings is 2. The van der Waals surface area contributed by atoms with Crippen LogP contribution in [-0.2, 0) is 26.0 Å². The van der Waals surface area contributed by atoms with Crippen LogP contribution in [-0.4, -0.2) is 57.1 Å². The molecule has 1 aliphatic rings. The Morgan fingerprint density at radius 1 is 1.14 bits per heavy atom. The van der Waals surface area contributed by atoms with Gasteiger partial charge >= 0.3 is 5.97 Å². The lowest BCUT2D eigenvalue weighted by molar-refractivity contribution is -0.138. The molecule has 3 rings (SSSR count). The zero-order valence-corrected chi connectivity index (χ0v) is 20.4. The molecule has 1 atom stereocenters. The highest BCUT2D eigenvalue weighted by atomic mass is 35.5. The summed E-state index contributed by atoms with van der Waals surface area (Å²) in [7, 11) is -4.04. The fraction of sp³-hybridized carbons (Fsp3) is 0.348. The summed E-state index contributed by atoms with van der Waals surface area (Å²) in [5, 5.41) is 15.6. The highest BCUT2D eigenvalue weighted by Crippen LogP contribution is 2.17. The predicted octanol–water partition coefficient (Wildman–Crippen LogP) is 1.94. The highest BCUT2D eigenvalue weighted by molar-refractivity contribution is 7.89. The number of carbonyl (C=O) groups excluding carboxylic acids is 1. The van der Waals surface area contributed by atoms with Crippen LogP contribution in [0.2, 0.25) is 5.02 Å². The molecule has 0 aliphatic carbocycles. The van der Waals surface area contributed by atoms with Crippen molar-refractivity contribution in [3.63, 3.8) is 0 Å². The first-order chi connectivity index (χ1) is 16.7. The number of sulfonamides is 1. The first-order valence-corrected chi connectivity index (χ1v) is 12.9. The van der Waals surface area contributed by atoms with Gasteiger partial charge in [0.2, 0.25) is 15.9 Å². The van der Waals surface area contributed by atoms with Crippen LogP contribution in [0.5, 0.6) is 5.75 Å². The largest absolute Gasteiger partial charge is 0.494 e. The van der Waals surface area contributed by atoms with Crippen molar-refractivity contribution in [1.82, 2.24) is 15.4 Å². The smallest absolute Gasteiger partial charge is 0.322 e. The van der Waals surface area contributed by atoms with Gasteiger partial charge in [-0.15, -0.1) is 0 Å². The lowest BCUT2D eigenvalue weighted by Crippen LogP contribution is -2.43. The Labute approximate surface area is 208 Å². The zero-order chi connectivity index (χ0) is 25.3. The number of carbonyl (C=O) groups is 2. The van der Waals surface area contributed by atoms with Gasteiger partial charge in [0.05, 0.1) is 11.5 Å². The molecule has 1 heterocycles. The van der Waals surface area contributed by atoms with E-state index in [1.807, 2.05) is 0 Å². The van der Waals surface area contributed by atoms with E-state index < -0.39 is 22.0 Å². The average molecular weight is 523 g/mol. The molecule has 10 nitrogen and oxygen atoms in total. The zero-order valence-electron chi connectivity index (χ0n) is 18.9. The van der Waals surface area contributed by atoms with E-state index in [1.54, 1.807) is 24.3 Å². The van der Waals surface area contributed by atoms with Crippen LogP contribution in [0.15, 0.2) is 58.4 Å². The fourth-order valence-corrected chi connectivity index (χ4v) is 4.55. The summed E-state index contributed by atoms with van der Waals surface area (Å²) in [5.74, 6) is -0.373. The molecule has 12 heteroatoms. The number of halogens is 1. The molecule has 0 saturated carbocycles. The number of nitrogens with one attached hydrogen (secondary N) is 3. The molecule has 1 aliphatic heterocycles. The third kappa shape index (κ3) is 8.53. The summed E-state index contributed by atoms with van der Waals surface area (Å²) in [5.41, 5.74) is 0.615. The number of carboxylic acid groups (broad SMARTS) is 1. The SMILES string of the molecule is O=C(CCCOc1ccc(C[C@H](NS(=O)(=O)c2ccc(Cl)cc2)C(=O)O)cc1)NC1=NCCCN1. The number of aliphatic carboxylic acids is 1. The Bertz CT molecular complexity index is 1150. The maximum atomic E-state index is 12.5. The van der Waals surface area contributed by atoms with E-state index in [0.717, 1.165) is 13.0 Å². The fourth-order valence-electron chi connectivity index (χ4n) is 3.24. The maximum Gasteiger partial charge on any atom is 0.322 e. The molecule has 0 radical (unpaired) electrons. The second-order valence-electron chi connectivity index (χ2n) is 7.82. The summed E-state index contributed by atoms with van der Waals surface area (Å²) in [6.45, 7) is 1.81. The first-order valence-electron chi connectivity index (χ1n) is 11.0. The van der Waals surface area contributed by atoms with E-state index >= 15 is 0 Å². The minimum Gasteiger partial charge on any atom is -0.494 e. The van der Waals surface area contributed by atoms with Crippen molar-refractivity contribution >= 4 is 39.5 Å². The lowest BCUT2D eigenvalue weighted by atomic mass is 10.1. The first kappa shape index (κ1) is 26.5. The summed E-state index contributed by atoms with van der Waals surface area (Å²) >= 11 is 5.78. The van der Waals surface area contributed by atoms with Crippen molar-refractivity contribution in [2.75, 3.05) is 19.7 Å². The van der Waals surface area contributed by atoms with Crippen molar-refractivity contribution in [2.45, 2.75) is 36.6 Å². The summed E-state index contributed by atoms with van der Waals surface area (Å²) in [6.07, 6.45) is 1.68. The number of ether oxygens (including phenoxy) is 1. The molecule has 0 bridgehead atoms. The number of carboxylic acids is 1. The van der Waals surface area contributed by atoms with Gasteiger partial charge in [0.1, 0.15) is 11.8 Å². The number of rotatable bonds is 11. The monoisotopic (exact) mass is 522 g/mol. The van der Waals surface area contributed by atoms with Gasteiger partial charge in [0, 0.05) is 24.5 Å². The third-order valence-electron chi connectivity index (χ3n) is 5.05. The quantitative estimate of drug-likeness (QED) is 0.330. The van der Waals surface area contributed by atoms with Crippen LogP contribution in [0.25, 0.3) is 0 Å². The van der Waals surface area contributed by atoms with E-state index in [0.29, 0.717) is 41.9 Å². The number of hydrogen-bond acceptors (Lipinski definition) is 7. The summed E-state index contributed by atoms with van der Waals surface area (Å²) in [4.78, 5) is 27.7. The molecular formula is C23H27ClN4O6S. The lowest BCUT2D eigenvalue weighted by Gasteiger charge is -2.15. The topological polar surface area (TPSA) is 146 Å². The second kappa shape index (κ2) is 12.5. The molecule has 0 unspecified atom stereocenters. The number of guanidine groups is 1. The number of amides is 1. The predicted molar refractivity (Wildman–Crippen MR) is 131 cm³/mol. The van der Waals surface area contributed by atoms with Crippen LogP contribution in [0, 0.1) is 0 Å². The number of hydrogen-bond donors (Lipinski definition) is 4. The molecule has 0 spiro atoms. The molecule has 0 saturated heterocycles. The standard InChI is InChI=1S/C23H27ClN4O6S/c24-17-6-10-19(11-7-17)35(32,33)28-20(22(30)31)15-16-4-8-18(9-5-16)34-14-1-3-21(29)27-23-25-12-2-13-26-23/h4-11,20,28H,1-3,12-15H2,(H,30,31)(H2,25,26,27,29)/t20-/m0/s1. The highest BCUT2D eigenvalue weighted by Gasteiger charge is 2.25. The van der Waals surface area contributed by atoms with Crippen LogP contribution in [0.1, 0.15) is 24.8 Å². The molecular weight excluding hydrogens is 496 g/mol. The average Bonchev–Trinajstić information content (AvgIpc) is 2.83. The molecule has 0 fully saturated rings. The Morgan fingerprint density at radius 3 is 2.49 bits per heavy atom. The molecule has 35 heavy (non-hydrogen) atoms. The van der Waals surface area contributed by atoms with Crippen molar-refractivity contribution in [1.29, 1.82) is 0 Å². The van der Waals surface area contributed by atoms with Gasteiger partial charge in [-0.2, -0.15) is 4.72 Å². The maximum absolute atomic E-state index is 12.5.